The van der Waals surface area contributed by atoms with Crippen LogP contribution in [0.15, 0.2) is 5.16 Å². The lowest BCUT2D eigenvalue weighted by molar-refractivity contribution is -0.131. The lowest BCUT2D eigenvalue weighted by Gasteiger charge is -2.07. The molecule has 0 saturated heterocycles. The third-order valence-corrected chi connectivity index (χ3v) is 2.08. The number of aliphatic carboxylic acids is 1. The Morgan fingerprint density at radius 1 is 1.46 bits per heavy atom. The number of hydrogen-bond donors (Lipinski definition) is 3. The zero-order valence-corrected chi connectivity index (χ0v) is 7.07. The van der Waals surface area contributed by atoms with E-state index in [2.05, 4.69) is 5.16 Å². The van der Waals surface area contributed by atoms with Crippen LogP contribution in [0, 0.1) is 5.41 Å². The standard InChI is InChI=1S/C7H10N2O4/c1-7(2-3-7)6(12)8-4(9-13)5(10)11/h13H,2-3H2,1H3,(H,10,11)(H,8,9,12). The molecule has 0 aromatic carbocycles. The number of carboxylic acids is 1. The summed E-state index contributed by atoms with van der Waals surface area (Å²) < 4.78 is 0. The second-order valence-corrected chi connectivity index (χ2v) is 3.27. The van der Waals surface area contributed by atoms with Gasteiger partial charge in [0.25, 0.3) is 5.84 Å². The molecule has 1 aliphatic rings. The van der Waals surface area contributed by atoms with Crippen molar-refractivity contribution in [2.24, 2.45) is 10.6 Å². The number of nitrogens with one attached hydrogen (secondary N) is 1. The van der Waals surface area contributed by atoms with Crippen molar-refractivity contribution >= 4 is 17.7 Å². The fourth-order valence-electron chi connectivity index (χ4n) is 0.794. The fraction of sp³-hybridized carbons (Fsp3) is 0.571. The first kappa shape index (κ1) is 9.50. The van der Waals surface area contributed by atoms with Gasteiger partial charge >= 0.3 is 5.97 Å². The molecule has 0 atom stereocenters. The highest BCUT2D eigenvalue weighted by molar-refractivity contribution is 6.37. The maximum atomic E-state index is 11.2. The second-order valence-electron chi connectivity index (χ2n) is 3.27. The van der Waals surface area contributed by atoms with E-state index in [1.54, 1.807) is 6.92 Å². The lowest BCUT2D eigenvalue weighted by atomic mass is 10.1. The smallest absolute Gasteiger partial charge is 0.375 e. The van der Waals surface area contributed by atoms with Gasteiger partial charge in [0.1, 0.15) is 0 Å². The van der Waals surface area contributed by atoms with Gasteiger partial charge in [-0.15, -0.1) is 0 Å². The minimum Gasteiger partial charge on any atom is -0.475 e. The number of amides is 1. The van der Waals surface area contributed by atoms with Gasteiger partial charge in [-0.2, -0.15) is 0 Å². The van der Waals surface area contributed by atoms with E-state index in [1.807, 2.05) is 5.32 Å². The van der Waals surface area contributed by atoms with Crippen molar-refractivity contribution in [3.63, 3.8) is 0 Å². The Kier molecular flexibility index (Phi) is 2.22. The normalized spacial score (nSPS) is 19.3. The van der Waals surface area contributed by atoms with Crippen LogP contribution in [0.25, 0.3) is 0 Å². The van der Waals surface area contributed by atoms with Gasteiger partial charge in [-0.3, -0.25) is 4.79 Å². The predicted molar refractivity (Wildman–Crippen MR) is 42.3 cm³/mol. The van der Waals surface area contributed by atoms with Gasteiger partial charge in [-0.05, 0) is 12.8 Å². The van der Waals surface area contributed by atoms with Crippen molar-refractivity contribution in [3.8, 4) is 0 Å². The van der Waals surface area contributed by atoms with Crippen LogP contribution in [0.2, 0.25) is 0 Å². The van der Waals surface area contributed by atoms with E-state index in [4.69, 9.17) is 10.3 Å². The highest BCUT2D eigenvalue weighted by Crippen LogP contribution is 2.44. The Morgan fingerprint density at radius 2 is 2.00 bits per heavy atom. The molecule has 0 spiro atoms. The number of hydrogen-bond acceptors (Lipinski definition) is 4. The molecule has 13 heavy (non-hydrogen) atoms. The van der Waals surface area contributed by atoms with Crippen molar-refractivity contribution < 1.29 is 19.9 Å². The molecule has 0 aromatic heterocycles. The van der Waals surface area contributed by atoms with Crippen LogP contribution >= 0.6 is 0 Å². The SMILES string of the molecule is CC1(C(=O)N/C(=N/O)C(=O)O)CC1. The molecule has 1 fully saturated rings. The van der Waals surface area contributed by atoms with E-state index >= 15 is 0 Å². The number of nitrogens with zero attached hydrogens (tertiary/aromatic N) is 1. The number of amidine groups is 1. The molecule has 1 amide bonds. The number of carbonyl (C=O) groups is 2. The Bertz CT molecular complexity index is 280. The molecule has 0 aromatic rings. The minimum absolute atomic E-state index is 0.414. The van der Waals surface area contributed by atoms with Gasteiger partial charge in [-0.25, -0.2) is 4.79 Å². The van der Waals surface area contributed by atoms with E-state index in [9.17, 15) is 9.59 Å². The van der Waals surface area contributed by atoms with Gasteiger partial charge in [-0.1, -0.05) is 12.1 Å². The van der Waals surface area contributed by atoms with Crippen LogP contribution in [-0.2, 0) is 9.59 Å². The summed E-state index contributed by atoms with van der Waals surface area (Å²) in [5.41, 5.74) is -0.481. The quantitative estimate of drug-likeness (QED) is 0.228. The average molecular weight is 186 g/mol. The molecule has 1 saturated carbocycles. The zero-order chi connectivity index (χ0) is 10.1. The molecule has 0 unspecified atom stereocenters. The third-order valence-electron chi connectivity index (χ3n) is 2.08. The maximum Gasteiger partial charge on any atom is 0.375 e. The molecule has 0 heterocycles. The van der Waals surface area contributed by atoms with E-state index in [0.717, 1.165) is 12.8 Å². The molecular weight excluding hydrogens is 176 g/mol. The van der Waals surface area contributed by atoms with Gasteiger partial charge in [0.05, 0.1) is 0 Å². The molecule has 0 bridgehead atoms. The van der Waals surface area contributed by atoms with E-state index in [1.165, 1.54) is 0 Å². The third kappa shape index (κ3) is 1.95. The van der Waals surface area contributed by atoms with Crippen molar-refractivity contribution in [3.05, 3.63) is 0 Å². The predicted octanol–water partition coefficient (Wildman–Crippen LogP) is -0.225. The Morgan fingerprint density at radius 3 is 2.31 bits per heavy atom. The molecule has 1 aliphatic carbocycles. The van der Waals surface area contributed by atoms with Gasteiger partial charge < -0.3 is 15.6 Å². The number of oxime groups is 1. The first-order chi connectivity index (χ1) is 5.99. The molecule has 0 aliphatic heterocycles. The van der Waals surface area contributed by atoms with E-state index in [-0.39, 0.29) is 0 Å². The van der Waals surface area contributed by atoms with Crippen LogP contribution in [0.1, 0.15) is 19.8 Å². The van der Waals surface area contributed by atoms with Crippen molar-refractivity contribution in [2.45, 2.75) is 19.8 Å². The molecular formula is C7H10N2O4. The highest BCUT2D eigenvalue weighted by atomic mass is 16.4. The topological polar surface area (TPSA) is 99.0 Å². The first-order valence-electron chi connectivity index (χ1n) is 3.76. The molecule has 72 valence electrons. The summed E-state index contributed by atoms with van der Waals surface area (Å²) in [4.78, 5) is 21.5. The molecule has 3 N–H and O–H groups in total. The van der Waals surface area contributed by atoms with Gasteiger partial charge in [0, 0.05) is 5.41 Å². The lowest BCUT2D eigenvalue weighted by Crippen LogP contribution is -2.39. The maximum absolute atomic E-state index is 11.2. The molecule has 6 nitrogen and oxygen atoms in total. The van der Waals surface area contributed by atoms with Crippen LogP contribution in [-0.4, -0.2) is 28.0 Å². The summed E-state index contributed by atoms with van der Waals surface area (Å²) in [5, 5.41) is 21.1. The van der Waals surface area contributed by atoms with E-state index < -0.39 is 23.1 Å². The summed E-state index contributed by atoms with van der Waals surface area (Å²) >= 11 is 0. The summed E-state index contributed by atoms with van der Waals surface area (Å²) in [5.74, 6) is -2.61. The highest BCUT2D eigenvalue weighted by Gasteiger charge is 2.45. The Labute approximate surface area is 74.2 Å². The summed E-state index contributed by atoms with van der Waals surface area (Å²) in [6, 6.07) is 0. The molecule has 1 rings (SSSR count). The van der Waals surface area contributed by atoms with Crippen LogP contribution in [0.5, 0.6) is 0 Å². The largest absolute Gasteiger partial charge is 0.475 e. The second kappa shape index (κ2) is 3.04. The van der Waals surface area contributed by atoms with Gasteiger partial charge in [0.2, 0.25) is 5.91 Å². The summed E-state index contributed by atoms with van der Waals surface area (Å²) in [7, 11) is 0. The monoisotopic (exact) mass is 186 g/mol. The van der Waals surface area contributed by atoms with Crippen molar-refractivity contribution in [1.82, 2.24) is 5.32 Å². The van der Waals surface area contributed by atoms with Crippen LogP contribution in [0.3, 0.4) is 0 Å². The number of rotatable bonds is 1. The summed E-state index contributed by atoms with van der Waals surface area (Å²) in [6.07, 6.45) is 1.47. The Hall–Kier alpha value is -1.59. The zero-order valence-electron chi connectivity index (χ0n) is 7.07. The fourth-order valence-corrected chi connectivity index (χ4v) is 0.794. The molecule has 6 heteroatoms. The van der Waals surface area contributed by atoms with Gasteiger partial charge in [0.15, 0.2) is 0 Å². The van der Waals surface area contributed by atoms with Crippen LogP contribution in [0.4, 0.5) is 0 Å². The minimum atomic E-state index is -1.46. The van der Waals surface area contributed by atoms with E-state index in [0.29, 0.717) is 0 Å². The average Bonchev–Trinajstić information content (AvgIpc) is 2.79. The number of carbonyl (C=O) groups excluding carboxylic acids is 1. The van der Waals surface area contributed by atoms with Crippen LogP contribution < -0.4 is 5.32 Å². The van der Waals surface area contributed by atoms with Crippen molar-refractivity contribution in [2.75, 3.05) is 0 Å². The Balaban J connectivity index is 2.57. The molecule has 0 radical (unpaired) electrons. The first-order valence-corrected chi connectivity index (χ1v) is 3.76. The summed E-state index contributed by atoms with van der Waals surface area (Å²) in [6.45, 7) is 1.72. The van der Waals surface area contributed by atoms with Crippen molar-refractivity contribution in [1.29, 1.82) is 0 Å². The number of carboxylic acid groups (broad SMARTS) is 1.